The predicted molar refractivity (Wildman–Crippen MR) is 151 cm³/mol. The molecule has 2 amide bonds. The number of nitrogens with one attached hydrogen (secondary N) is 2. The lowest BCUT2D eigenvalue weighted by Gasteiger charge is -2.07. The third kappa shape index (κ3) is 6.63. The van der Waals surface area contributed by atoms with Gasteiger partial charge in [-0.25, -0.2) is 22.8 Å². The fourth-order valence-electron chi connectivity index (χ4n) is 3.63. The SMILES string of the molecule is O=C(Cc1ccc(N=C2NC(=O)/C(=C/c3ccc(-n4cccn4)cc3)S2)cc1)NS(=O)(=O)c1ccc(Cl)cc1. The summed E-state index contributed by atoms with van der Waals surface area (Å²) in [6.45, 7) is 0. The first-order chi connectivity index (χ1) is 18.7. The molecule has 3 aromatic carbocycles. The summed E-state index contributed by atoms with van der Waals surface area (Å²) in [5.41, 5.74) is 2.95. The van der Waals surface area contributed by atoms with Gasteiger partial charge in [-0.2, -0.15) is 5.10 Å². The van der Waals surface area contributed by atoms with E-state index in [0.29, 0.717) is 26.3 Å². The number of sulfonamides is 1. The van der Waals surface area contributed by atoms with Gasteiger partial charge in [-0.05, 0) is 83.6 Å². The van der Waals surface area contributed by atoms with Gasteiger partial charge in [0, 0.05) is 17.4 Å². The minimum Gasteiger partial charge on any atom is -0.300 e. The van der Waals surface area contributed by atoms with Crippen molar-refractivity contribution >= 4 is 62.1 Å². The highest BCUT2D eigenvalue weighted by Crippen LogP contribution is 2.28. The summed E-state index contributed by atoms with van der Waals surface area (Å²) in [6.07, 6.45) is 5.21. The Hall–Kier alpha value is -4.19. The summed E-state index contributed by atoms with van der Waals surface area (Å²) in [4.78, 5) is 29.7. The number of aliphatic imine (C=N–C) groups is 1. The van der Waals surface area contributed by atoms with Crippen LogP contribution in [0.4, 0.5) is 5.69 Å². The summed E-state index contributed by atoms with van der Waals surface area (Å²) in [5, 5.41) is 7.77. The van der Waals surface area contributed by atoms with Crippen LogP contribution in [0.25, 0.3) is 11.8 Å². The van der Waals surface area contributed by atoms with Crippen LogP contribution in [0.5, 0.6) is 0 Å². The zero-order valence-electron chi connectivity index (χ0n) is 20.1. The summed E-state index contributed by atoms with van der Waals surface area (Å²) >= 11 is 7.01. The van der Waals surface area contributed by atoms with Crippen LogP contribution < -0.4 is 10.0 Å². The molecule has 196 valence electrons. The van der Waals surface area contributed by atoms with E-state index in [-0.39, 0.29) is 17.2 Å². The van der Waals surface area contributed by atoms with Crippen LogP contribution in [0.2, 0.25) is 5.02 Å². The highest BCUT2D eigenvalue weighted by Gasteiger charge is 2.24. The van der Waals surface area contributed by atoms with Crippen LogP contribution in [-0.4, -0.2) is 35.2 Å². The maximum atomic E-state index is 12.4. The fraction of sp³-hybridized carbons (Fsp3) is 0.0370. The molecular formula is C27H20ClN5O4S2. The third-order valence-electron chi connectivity index (χ3n) is 5.51. The molecule has 0 aliphatic carbocycles. The lowest BCUT2D eigenvalue weighted by Crippen LogP contribution is -2.31. The molecule has 1 saturated heterocycles. The smallest absolute Gasteiger partial charge is 0.264 e. The van der Waals surface area contributed by atoms with Gasteiger partial charge in [0.05, 0.1) is 27.6 Å². The van der Waals surface area contributed by atoms with Crippen molar-refractivity contribution in [2.75, 3.05) is 0 Å². The van der Waals surface area contributed by atoms with Crippen molar-refractivity contribution in [1.29, 1.82) is 0 Å². The average molecular weight is 578 g/mol. The van der Waals surface area contributed by atoms with Gasteiger partial charge in [-0.3, -0.25) is 9.59 Å². The monoisotopic (exact) mass is 577 g/mol. The largest absolute Gasteiger partial charge is 0.300 e. The Balaban J connectivity index is 1.20. The molecule has 1 fully saturated rings. The van der Waals surface area contributed by atoms with E-state index in [9.17, 15) is 18.0 Å². The van der Waals surface area contributed by atoms with E-state index in [4.69, 9.17) is 11.6 Å². The highest BCUT2D eigenvalue weighted by atomic mass is 35.5. The summed E-state index contributed by atoms with van der Waals surface area (Å²) < 4.78 is 28.6. The molecule has 0 unspecified atom stereocenters. The Bertz CT molecular complexity index is 1680. The molecule has 4 aromatic rings. The number of rotatable bonds is 7. The molecule has 12 heteroatoms. The van der Waals surface area contributed by atoms with Crippen molar-refractivity contribution in [3.8, 4) is 5.69 Å². The van der Waals surface area contributed by atoms with Crippen LogP contribution in [0.3, 0.4) is 0 Å². The van der Waals surface area contributed by atoms with Crippen molar-refractivity contribution in [1.82, 2.24) is 19.8 Å². The number of carbonyl (C=O) groups excluding carboxylic acids is 2. The molecule has 1 aromatic heterocycles. The van der Waals surface area contributed by atoms with Gasteiger partial charge in [-0.15, -0.1) is 0 Å². The van der Waals surface area contributed by atoms with Crippen LogP contribution >= 0.6 is 23.4 Å². The second kappa shape index (κ2) is 11.3. The lowest BCUT2D eigenvalue weighted by atomic mass is 10.1. The summed E-state index contributed by atoms with van der Waals surface area (Å²) in [6, 6.07) is 21.7. The van der Waals surface area contributed by atoms with E-state index < -0.39 is 15.9 Å². The van der Waals surface area contributed by atoms with Gasteiger partial charge in [-0.1, -0.05) is 35.9 Å². The van der Waals surface area contributed by atoms with Gasteiger partial charge in [0.2, 0.25) is 5.91 Å². The van der Waals surface area contributed by atoms with Crippen molar-refractivity contribution in [2.24, 2.45) is 4.99 Å². The first-order valence-electron chi connectivity index (χ1n) is 11.5. The second-order valence-corrected chi connectivity index (χ2v) is 11.5. The predicted octanol–water partition coefficient (Wildman–Crippen LogP) is 4.46. The number of nitrogens with zero attached hydrogens (tertiary/aromatic N) is 3. The Morgan fingerprint density at radius 3 is 2.44 bits per heavy atom. The van der Waals surface area contributed by atoms with E-state index in [2.05, 4.69) is 20.1 Å². The molecule has 0 atom stereocenters. The quantitative estimate of drug-likeness (QED) is 0.313. The van der Waals surface area contributed by atoms with Crippen LogP contribution in [-0.2, 0) is 26.0 Å². The molecule has 1 aliphatic heterocycles. The highest BCUT2D eigenvalue weighted by molar-refractivity contribution is 8.18. The number of benzene rings is 3. The number of amidine groups is 1. The van der Waals surface area contributed by atoms with Crippen LogP contribution in [0.1, 0.15) is 11.1 Å². The number of amides is 2. The molecule has 2 heterocycles. The van der Waals surface area contributed by atoms with E-state index in [1.165, 1.54) is 36.0 Å². The molecule has 5 rings (SSSR count). The minimum atomic E-state index is -4.00. The van der Waals surface area contributed by atoms with Crippen molar-refractivity contribution in [3.05, 3.63) is 112 Å². The molecule has 0 bridgehead atoms. The van der Waals surface area contributed by atoms with Gasteiger partial charge >= 0.3 is 0 Å². The molecular weight excluding hydrogens is 558 g/mol. The van der Waals surface area contributed by atoms with Gasteiger partial charge in [0.15, 0.2) is 5.17 Å². The van der Waals surface area contributed by atoms with Crippen LogP contribution in [0, 0.1) is 0 Å². The molecule has 1 aliphatic rings. The Labute approximate surface area is 233 Å². The number of hydrogen-bond donors (Lipinski definition) is 2. The maximum Gasteiger partial charge on any atom is 0.264 e. The zero-order valence-corrected chi connectivity index (χ0v) is 22.5. The number of halogens is 1. The number of aromatic nitrogens is 2. The van der Waals surface area contributed by atoms with Crippen LogP contribution in [0.15, 0.2) is 106 Å². The lowest BCUT2D eigenvalue weighted by molar-refractivity contribution is -0.118. The van der Waals surface area contributed by atoms with E-state index >= 15 is 0 Å². The van der Waals surface area contributed by atoms with Gasteiger partial charge in [0.25, 0.3) is 15.9 Å². The Morgan fingerprint density at radius 1 is 1.05 bits per heavy atom. The Morgan fingerprint density at radius 2 is 1.77 bits per heavy atom. The van der Waals surface area contributed by atoms with E-state index in [1.807, 2.05) is 36.5 Å². The average Bonchev–Trinajstić information content (AvgIpc) is 3.56. The number of thioether (sulfide) groups is 1. The molecule has 9 nitrogen and oxygen atoms in total. The molecule has 0 saturated carbocycles. The normalized spacial score (nSPS) is 15.5. The van der Waals surface area contributed by atoms with Crippen molar-refractivity contribution in [2.45, 2.75) is 11.3 Å². The standard InChI is InChI=1S/C27H20ClN5O4S2/c28-20-6-12-23(13-7-20)39(36,37)32-25(34)17-19-2-8-21(9-3-19)30-27-31-26(35)24(38-27)16-18-4-10-22(11-5-18)33-15-1-14-29-33/h1-16H,17H2,(H,32,34)(H,30,31,35)/b24-16-. The van der Waals surface area contributed by atoms with E-state index in [0.717, 1.165) is 11.3 Å². The minimum absolute atomic E-state index is 0.0535. The first-order valence-corrected chi connectivity index (χ1v) is 14.2. The first kappa shape index (κ1) is 26.4. The van der Waals surface area contributed by atoms with E-state index in [1.54, 1.807) is 41.2 Å². The maximum absolute atomic E-state index is 12.4. The summed E-state index contributed by atoms with van der Waals surface area (Å²) in [5.74, 6) is -0.917. The Kier molecular flexibility index (Phi) is 7.64. The molecule has 0 radical (unpaired) electrons. The van der Waals surface area contributed by atoms with Gasteiger partial charge in [0.1, 0.15) is 0 Å². The third-order valence-corrected chi connectivity index (χ3v) is 8.07. The number of hydrogen-bond acceptors (Lipinski definition) is 7. The molecule has 2 N–H and O–H groups in total. The van der Waals surface area contributed by atoms with Crippen molar-refractivity contribution in [3.63, 3.8) is 0 Å². The second-order valence-electron chi connectivity index (χ2n) is 8.35. The fourth-order valence-corrected chi connectivity index (χ4v) is 5.58. The zero-order chi connectivity index (χ0) is 27.4. The van der Waals surface area contributed by atoms with Crippen molar-refractivity contribution < 1.29 is 18.0 Å². The summed E-state index contributed by atoms with van der Waals surface area (Å²) in [7, 11) is -4.00. The van der Waals surface area contributed by atoms with Gasteiger partial charge < -0.3 is 5.32 Å². The molecule has 0 spiro atoms. The topological polar surface area (TPSA) is 123 Å². The molecule has 39 heavy (non-hydrogen) atoms. The number of carbonyl (C=O) groups is 2.